The van der Waals surface area contributed by atoms with E-state index in [-0.39, 0.29) is 6.10 Å². The average Bonchev–Trinajstić information content (AvgIpc) is 2.18. The van der Waals surface area contributed by atoms with Crippen molar-refractivity contribution < 1.29 is 9.84 Å². The van der Waals surface area contributed by atoms with Crippen molar-refractivity contribution >= 4 is 0 Å². The molecule has 0 amide bonds. The maximum Gasteiger partial charge on any atom is 0.0667 e. The van der Waals surface area contributed by atoms with Crippen LogP contribution in [0.5, 0.6) is 0 Å². The lowest BCUT2D eigenvalue weighted by Crippen LogP contribution is -2.34. The van der Waals surface area contributed by atoms with Crippen LogP contribution in [0.3, 0.4) is 0 Å². The Hall–Kier alpha value is -0.120. The van der Waals surface area contributed by atoms with Crippen LogP contribution in [0.4, 0.5) is 0 Å². The minimum absolute atomic E-state index is 0.200. The van der Waals surface area contributed by atoms with E-state index in [1.165, 1.54) is 12.8 Å². The molecule has 90 valence electrons. The van der Waals surface area contributed by atoms with Crippen molar-refractivity contribution in [1.29, 1.82) is 0 Å². The summed E-state index contributed by atoms with van der Waals surface area (Å²) in [6.07, 6.45) is 3.12. The summed E-state index contributed by atoms with van der Waals surface area (Å²) in [4.78, 5) is 0. The molecule has 2 N–H and O–H groups in total. The van der Waals surface area contributed by atoms with Crippen LogP contribution in [0, 0.1) is 11.8 Å². The summed E-state index contributed by atoms with van der Waals surface area (Å²) in [6, 6.07) is 0. The van der Waals surface area contributed by atoms with Gasteiger partial charge in [0, 0.05) is 19.7 Å². The number of hydrogen-bond donors (Lipinski definition) is 2. The summed E-state index contributed by atoms with van der Waals surface area (Å²) in [5.41, 5.74) is 0. The SMILES string of the molecule is CC(C)CC(O)CNCC1CCCOC1. The van der Waals surface area contributed by atoms with Gasteiger partial charge in [0.05, 0.1) is 12.7 Å². The van der Waals surface area contributed by atoms with Crippen LogP contribution in [0.2, 0.25) is 0 Å². The molecule has 3 nitrogen and oxygen atoms in total. The van der Waals surface area contributed by atoms with Crippen LogP contribution in [0.25, 0.3) is 0 Å². The van der Waals surface area contributed by atoms with Gasteiger partial charge in [0.1, 0.15) is 0 Å². The van der Waals surface area contributed by atoms with Gasteiger partial charge in [-0.2, -0.15) is 0 Å². The lowest BCUT2D eigenvalue weighted by molar-refractivity contribution is 0.0528. The van der Waals surface area contributed by atoms with Crippen molar-refractivity contribution in [3.05, 3.63) is 0 Å². The Morgan fingerprint density at radius 2 is 2.27 bits per heavy atom. The molecule has 0 aliphatic carbocycles. The molecule has 2 atom stereocenters. The minimum Gasteiger partial charge on any atom is -0.392 e. The zero-order valence-electron chi connectivity index (χ0n) is 10.0. The lowest BCUT2D eigenvalue weighted by Gasteiger charge is -2.23. The number of aliphatic hydroxyl groups excluding tert-OH is 1. The zero-order chi connectivity index (χ0) is 11.1. The van der Waals surface area contributed by atoms with Gasteiger partial charge in [0.15, 0.2) is 0 Å². The van der Waals surface area contributed by atoms with Gasteiger partial charge in [0.25, 0.3) is 0 Å². The maximum atomic E-state index is 9.66. The third kappa shape index (κ3) is 6.13. The second-order valence-corrected chi connectivity index (χ2v) is 5.02. The third-order valence-electron chi connectivity index (χ3n) is 2.81. The second kappa shape index (κ2) is 7.20. The number of rotatable bonds is 6. The topological polar surface area (TPSA) is 41.5 Å². The molecule has 0 aromatic heterocycles. The molecule has 2 unspecified atom stereocenters. The van der Waals surface area contributed by atoms with Crippen LogP contribution >= 0.6 is 0 Å². The van der Waals surface area contributed by atoms with Crippen LogP contribution in [-0.2, 0) is 4.74 Å². The van der Waals surface area contributed by atoms with Crippen LogP contribution in [0.15, 0.2) is 0 Å². The fraction of sp³-hybridized carbons (Fsp3) is 1.00. The molecule has 1 heterocycles. The molecular weight excluding hydrogens is 190 g/mol. The van der Waals surface area contributed by atoms with E-state index in [4.69, 9.17) is 4.74 Å². The Kier molecular flexibility index (Phi) is 6.22. The summed E-state index contributed by atoms with van der Waals surface area (Å²) in [6.45, 7) is 7.78. The summed E-state index contributed by atoms with van der Waals surface area (Å²) in [5.74, 6) is 1.21. The molecule has 1 saturated heterocycles. The molecule has 3 heteroatoms. The molecule has 1 aliphatic heterocycles. The standard InChI is InChI=1S/C12H25NO2/c1-10(2)6-12(14)8-13-7-11-4-3-5-15-9-11/h10-14H,3-9H2,1-2H3. The van der Waals surface area contributed by atoms with E-state index in [1.54, 1.807) is 0 Å². The minimum atomic E-state index is -0.200. The van der Waals surface area contributed by atoms with E-state index in [1.807, 2.05) is 0 Å². The monoisotopic (exact) mass is 215 g/mol. The number of ether oxygens (including phenoxy) is 1. The van der Waals surface area contributed by atoms with Crippen LogP contribution < -0.4 is 5.32 Å². The molecular formula is C12H25NO2. The van der Waals surface area contributed by atoms with Gasteiger partial charge in [-0.15, -0.1) is 0 Å². The molecule has 0 radical (unpaired) electrons. The Labute approximate surface area is 93.2 Å². The fourth-order valence-corrected chi connectivity index (χ4v) is 2.05. The van der Waals surface area contributed by atoms with Crippen molar-refractivity contribution in [1.82, 2.24) is 5.32 Å². The summed E-state index contributed by atoms with van der Waals surface area (Å²) in [7, 11) is 0. The molecule has 1 rings (SSSR count). The molecule has 15 heavy (non-hydrogen) atoms. The quantitative estimate of drug-likeness (QED) is 0.704. The predicted octanol–water partition coefficient (Wildman–Crippen LogP) is 1.41. The Morgan fingerprint density at radius 3 is 2.87 bits per heavy atom. The molecule has 1 aliphatic rings. The van der Waals surface area contributed by atoms with Crippen molar-refractivity contribution in [3.8, 4) is 0 Å². The summed E-state index contributed by atoms with van der Waals surface area (Å²) >= 11 is 0. The van der Waals surface area contributed by atoms with Crippen molar-refractivity contribution in [2.24, 2.45) is 11.8 Å². The van der Waals surface area contributed by atoms with Crippen LogP contribution in [0.1, 0.15) is 33.1 Å². The number of aliphatic hydroxyl groups is 1. The molecule has 0 aromatic carbocycles. The maximum absolute atomic E-state index is 9.66. The van der Waals surface area contributed by atoms with Gasteiger partial charge in [-0.05, 0) is 31.1 Å². The van der Waals surface area contributed by atoms with E-state index in [2.05, 4.69) is 19.2 Å². The molecule has 1 fully saturated rings. The van der Waals surface area contributed by atoms with E-state index < -0.39 is 0 Å². The van der Waals surface area contributed by atoms with E-state index in [9.17, 15) is 5.11 Å². The van der Waals surface area contributed by atoms with Gasteiger partial charge >= 0.3 is 0 Å². The summed E-state index contributed by atoms with van der Waals surface area (Å²) < 4.78 is 5.40. The van der Waals surface area contributed by atoms with Gasteiger partial charge < -0.3 is 15.2 Å². The highest BCUT2D eigenvalue weighted by atomic mass is 16.5. The highest BCUT2D eigenvalue weighted by Crippen LogP contribution is 2.12. The second-order valence-electron chi connectivity index (χ2n) is 5.02. The predicted molar refractivity (Wildman–Crippen MR) is 61.9 cm³/mol. The Bertz CT molecular complexity index is 156. The van der Waals surface area contributed by atoms with E-state index in [0.717, 1.165) is 26.2 Å². The van der Waals surface area contributed by atoms with Crippen molar-refractivity contribution in [3.63, 3.8) is 0 Å². The Balaban J connectivity index is 1.99. The first-order chi connectivity index (χ1) is 7.18. The van der Waals surface area contributed by atoms with Gasteiger partial charge in [-0.1, -0.05) is 13.8 Å². The third-order valence-corrected chi connectivity index (χ3v) is 2.81. The first-order valence-corrected chi connectivity index (χ1v) is 6.15. The zero-order valence-corrected chi connectivity index (χ0v) is 10.0. The van der Waals surface area contributed by atoms with Crippen molar-refractivity contribution in [2.75, 3.05) is 26.3 Å². The lowest BCUT2D eigenvalue weighted by atomic mass is 10.0. The molecule has 0 aromatic rings. The van der Waals surface area contributed by atoms with Gasteiger partial charge in [0.2, 0.25) is 0 Å². The first kappa shape index (κ1) is 12.9. The number of hydrogen-bond acceptors (Lipinski definition) is 3. The highest BCUT2D eigenvalue weighted by Gasteiger charge is 2.14. The largest absolute Gasteiger partial charge is 0.392 e. The summed E-state index contributed by atoms with van der Waals surface area (Å²) in [5, 5.41) is 13.0. The van der Waals surface area contributed by atoms with Crippen molar-refractivity contribution in [2.45, 2.75) is 39.2 Å². The first-order valence-electron chi connectivity index (χ1n) is 6.15. The van der Waals surface area contributed by atoms with E-state index in [0.29, 0.717) is 18.4 Å². The van der Waals surface area contributed by atoms with Gasteiger partial charge in [-0.3, -0.25) is 0 Å². The van der Waals surface area contributed by atoms with Gasteiger partial charge in [-0.25, -0.2) is 0 Å². The number of nitrogens with one attached hydrogen (secondary N) is 1. The Morgan fingerprint density at radius 1 is 1.47 bits per heavy atom. The smallest absolute Gasteiger partial charge is 0.0667 e. The average molecular weight is 215 g/mol. The fourth-order valence-electron chi connectivity index (χ4n) is 2.05. The molecule has 0 saturated carbocycles. The normalized spacial score (nSPS) is 24.4. The molecule has 0 spiro atoms. The molecule has 0 bridgehead atoms. The van der Waals surface area contributed by atoms with E-state index >= 15 is 0 Å². The van der Waals surface area contributed by atoms with Crippen LogP contribution in [-0.4, -0.2) is 37.5 Å². The highest BCUT2D eigenvalue weighted by molar-refractivity contribution is 4.68.